The highest BCUT2D eigenvalue weighted by atomic mass is 32.2. The van der Waals surface area contributed by atoms with Crippen molar-refractivity contribution in [3.05, 3.63) is 29.8 Å². The van der Waals surface area contributed by atoms with Crippen molar-refractivity contribution in [1.82, 2.24) is 0 Å². The number of benzene rings is 1. The largest absolute Gasteiger partial charge is 0.369 e. The Morgan fingerprint density at radius 3 is 2.82 bits per heavy atom. The van der Waals surface area contributed by atoms with E-state index in [1.165, 1.54) is 17.0 Å². The molecular weight excluding hydrogens is 228 g/mol. The number of nitrogens with zero attached hydrogens (tertiary/aromatic N) is 1. The second-order valence-electron chi connectivity index (χ2n) is 5.20. The van der Waals surface area contributed by atoms with Gasteiger partial charge < -0.3 is 10.6 Å². The molecule has 0 unspecified atom stereocenters. The number of hydrogen-bond acceptors (Lipinski definition) is 3. The van der Waals surface area contributed by atoms with Gasteiger partial charge in [0.05, 0.1) is 0 Å². The Hall–Kier alpha value is -0.670. The van der Waals surface area contributed by atoms with E-state index in [1.54, 1.807) is 0 Å². The first-order chi connectivity index (χ1) is 8.12. The Morgan fingerprint density at radius 1 is 1.35 bits per heavy atom. The van der Waals surface area contributed by atoms with Crippen molar-refractivity contribution >= 4 is 17.4 Å². The van der Waals surface area contributed by atoms with Crippen molar-refractivity contribution in [2.75, 3.05) is 30.3 Å². The SMILES string of the molecule is CC1(C)CN(c2ccccc2CCN)CCS1. The van der Waals surface area contributed by atoms with E-state index in [0.29, 0.717) is 4.75 Å². The van der Waals surface area contributed by atoms with Gasteiger partial charge in [0.25, 0.3) is 0 Å². The third-order valence-electron chi connectivity index (χ3n) is 3.17. The Bertz CT molecular complexity index is 376. The van der Waals surface area contributed by atoms with E-state index in [9.17, 15) is 0 Å². The topological polar surface area (TPSA) is 29.3 Å². The lowest BCUT2D eigenvalue weighted by Crippen LogP contribution is -2.43. The van der Waals surface area contributed by atoms with Crippen LogP contribution >= 0.6 is 11.8 Å². The molecule has 0 aromatic heterocycles. The highest BCUT2D eigenvalue weighted by Crippen LogP contribution is 2.33. The number of nitrogens with two attached hydrogens (primary N) is 1. The molecular formula is C14H22N2S. The normalized spacial score (nSPS) is 19.4. The third-order valence-corrected chi connectivity index (χ3v) is 4.47. The Morgan fingerprint density at radius 2 is 2.12 bits per heavy atom. The molecule has 1 fully saturated rings. The first-order valence-corrected chi connectivity index (χ1v) is 7.28. The molecule has 1 aromatic rings. The molecule has 94 valence electrons. The fourth-order valence-corrected chi connectivity index (χ4v) is 3.52. The van der Waals surface area contributed by atoms with Gasteiger partial charge in [-0.15, -0.1) is 0 Å². The summed E-state index contributed by atoms with van der Waals surface area (Å²) in [5.41, 5.74) is 8.46. The fourth-order valence-electron chi connectivity index (χ4n) is 2.41. The molecule has 1 heterocycles. The second kappa shape index (κ2) is 5.32. The molecule has 0 radical (unpaired) electrons. The Kier molecular flexibility index (Phi) is 4.00. The van der Waals surface area contributed by atoms with Crippen LogP contribution < -0.4 is 10.6 Å². The Balaban J connectivity index is 2.21. The van der Waals surface area contributed by atoms with Gasteiger partial charge in [0.15, 0.2) is 0 Å². The van der Waals surface area contributed by atoms with Crippen LogP contribution in [0.15, 0.2) is 24.3 Å². The fraction of sp³-hybridized carbons (Fsp3) is 0.571. The van der Waals surface area contributed by atoms with Gasteiger partial charge in [-0.25, -0.2) is 0 Å². The monoisotopic (exact) mass is 250 g/mol. The summed E-state index contributed by atoms with van der Waals surface area (Å²) in [5, 5.41) is 0. The summed E-state index contributed by atoms with van der Waals surface area (Å²) in [6.07, 6.45) is 0.972. The van der Waals surface area contributed by atoms with E-state index in [2.05, 4.69) is 54.8 Å². The summed E-state index contributed by atoms with van der Waals surface area (Å²) in [7, 11) is 0. The quantitative estimate of drug-likeness (QED) is 0.894. The van der Waals surface area contributed by atoms with E-state index in [1.807, 2.05) is 0 Å². The van der Waals surface area contributed by atoms with Crippen LogP contribution in [0.25, 0.3) is 0 Å². The van der Waals surface area contributed by atoms with E-state index in [4.69, 9.17) is 5.73 Å². The predicted molar refractivity (Wildman–Crippen MR) is 78.0 cm³/mol. The van der Waals surface area contributed by atoms with Crippen molar-refractivity contribution in [3.8, 4) is 0 Å². The molecule has 1 aromatic carbocycles. The van der Waals surface area contributed by atoms with Crippen molar-refractivity contribution in [2.24, 2.45) is 5.73 Å². The van der Waals surface area contributed by atoms with Gasteiger partial charge in [-0.05, 0) is 38.4 Å². The maximum absolute atomic E-state index is 5.69. The second-order valence-corrected chi connectivity index (χ2v) is 7.00. The number of thioether (sulfide) groups is 1. The standard InChI is InChI=1S/C14H22N2S/c1-14(2)11-16(9-10-17-14)13-6-4-3-5-12(13)7-8-15/h3-6H,7-11,15H2,1-2H3. The van der Waals surface area contributed by atoms with Gasteiger partial charge in [0.2, 0.25) is 0 Å². The van der Waals surface area contributed by atoms with Crippen LogP contribution in [-0.2, 0) is 6.42 Å². The zero-order valence-electron chi connectivity index (χ0n) is 10.8. The van der Waals surface area contributed by atoms with Crippen LogP contribution in [0.2, 0.25) is 0 Å². The maximum Gasteiger partial charge on any atom is 0.0399 e. The minimum atomic E-state index is 0.355. The molecule has 0 saturated carbocycles. The molecule has 2 rings (SSSR count). The van der Waals surface area contributed by atoms with Crippen LogP contribution in [0.4, 0.5) is 5.69 Å². The lowest BCUT2D eigenvalue weighted by molar-refractivity contribution is 0.645. The third kappa shape index (κ3) is 3.17. The van der Waals surface area contributed by atoms with Crippen molar-refractivity contribution in [2.45, 2.75) is 25.0 Å². The van der Waals surface area contributed by atoms with Gasteiger partial charge in [-0.1, -0.05) is 18.2 Å². The maximum atomic E-state index is 5.69. The van der Waals surface area contributed by atoms with Gasteiger partial charge in [0, 0.05) is 29.3 Å². The molecule has 1 aliphatic rings. The van der Waals surface area contributed by atoms with Gasteiger partial charge in [0.1, 0.15) is 0 Å². The van der Waals surface area contributed by atoms with Gasteiger partial charge in [-0.3, -0.25) is 0 Å². The number of hydrogen-bond donors (Lipinski definition) is 1. The van der Waals surface area contributed by atoms with Crippen LogP contribution in [0.5, 0.6) is 0 Å². The van der Waals surface area contributed by atoms with Crippen LogP contribution in [0.1, 0.15) is 19.4 Å². The summed E-state index contributed by atoms with van der Waals surface area (Å²) in [6, 6.07) is 8.68. The average molecular weight is 250 g/mol. The van der Waals surface area contributed by atoms with Crippen LogP contribution in [0, 0.1) is 0 Å². The molecule has 1 aliphatic heterocycles. The zero-order chi connectivity index (χ0) is 12.3. The lowest BCUT2D eigenvalue weighted by Gasteiger charge is -2.39. The van der Waals surface area contributed by atoms with Gasteiger partial charge >= 0.3 is 0 Å². The predicted octanol–water partition coefficient (Wildman–Crippen LogP) is 2.52. The molecule has 0 bridgehead atoms. The average Bonchev–Trinajstić information content (AvgIpc) is 2.29. The highest BCUT2D eigenvalue weighted by molar-refractivity contribution is 8.00. The summed E-state index contributed by atoms with van der Waals surface area (Å²) in [6.45, 7) is 7.66. The molecule has 2 nitrogen and oxygen atoms in total. The van der Waals surface area contributed by atoms with E-state index < -0.39 is 0 Å². The van der Waals surface area contributed by atoms with Crippen LogP contribution in [-0.4, -0.2) is 30.1 Å². The zero-order valence-corrected chi connectivity index (χ0v) is 11.6. The molecule has 0 aliphatic carbocycles. The summed E-state index contributed by atoms with van der Waals surface area (Å²) in [4.78, 5) is 2.52. The molecule has 0 amide bonds. The minimum absolute atomic E-state index is 0.355. The minimum Gasteiger partial charge on any atom is -0.369 e. The molecule has 1 saturated heterocycles. The molecule has 17 heavy (non-hydrogen) atoms. The van der Waals surface area contributed by atoms with Crippen molar-refractivity contribution in [1.29, 1.82) is 0 Å². The summed E-state index contributed by atoms with van der Waals surface area (Å²) in [5.74, 6) is 1.21. The molecule has 0 spiro atoms. The number of para-hydroxylation sites is 1. The lowest BCUT2D eigenvalue weighted by atomic mass is 10.1. The van der Waals surface area contributed by atoms with E-state index in [-0.39, 0.29) is 0 Å². The van der Waals surface area contributed by atoms with Crippen LogP contribution in [0.3, 0.4) is 0 Å². The Labute approximate surface area is 109 Å². The van der Waals surface area contributed by atoms with Crippen molar-refractivity contribution in [3.63, 3.8) is 0 Å². The summed E-state index contributed by atoms with van der Waals surface area (Å²) >= 11 is 2.07. The molecule has 3 heteroatoms. The first kappa shape index (κ1) is 12.8. The molecule has 2 N–H and O–H groups in total. The highest BCUT2D eigenvalue weighted by Gasteiger charge is 2.27. The van der Waals surface area contributed by atoms with Crippen molar-refractivity contribution < 1.29 is 0 Å². The van der Waals surface area contributed by atoms with E-state index in [0.717, 1.165) is 26.1 Å². The first-order valence-electron chi connectivity index (χ1n) is 6.29. The molecule has 0 atom stereocenters. The summed E-state index contributed by atoms with van der Waals surface area (Å²) < 4.78 is 0.355. The number of anilines is 1. The van der Waals surface area contributed by atoms with Gasteiger partial charge in [-0.2, -0.15) is 11.8 Å². The smallest absolute Gasteiger partial charge is 0.0399 e. The number of rotatable bonds is 3. The van der Waals surface area contributed by atoms with E-state index >= 15 is 0 Å².